The van der Waals surface area contributed by atoms with Crippen molar-refractivity contribution in [3.63, 3.8) is 0 Å². The maximum Gasteiger partial charge on any atom is 0.343 e. The molecule has 0 saturated heterocycles. The van der Waals surface area contributed by atoms with Crippen LogP contribution in [0.2, 0.25) is 0 Å². The monoisotopic (exact) mass is 674 g/mol. The van der Waals surface area contributed by atoms with Gasteiger partial charge in [-0.05, 0) is 79.6 Å². The van der Waals surface area contributed by atoms with Crippen LogP contribution in [0.3, 0.4) is 0 Å². The molecule has 0 saturated carbocycles. The second kappa shape index (κ2) is 23.1. The Morgan fingerprint density at radius 1 is 0.490 bits per heavy atom. The van der Waals surface area contributed by atoms with Crippen molar-refractivity contribution in [1.82, 2.24) is 0 Å². The standard InChI is InChI=1S/C41H54O8/c1-3-5-7-9-11-13-15-17-29-46-34-23-19-32(20-24-34)40(44)48-36-27-28-38(37(31-36)39(42)43)49-41(45)33-21-25-35(26-22-33)47-30-18-16-14-12-10-8-6-4-2/h19-28,31H,3-18,29-30H2,1-2H3,(H,42,43). The van der Waals surface area contributed by atoms with Crippen LogP contribution in [0, 0.1) is 0 Å². The summed E-state index contributed by atoms with van der Waals surface area (Å²) < 4.78 is 22.4. The normalized spacial score (nSPS) is 10.8. The molecule has 3 rings (SSSR count). The van der Waals surface area contributed by atoms with E-state index in [9.17, 15) is 19.5 Å². The minimum absolute atomic E-state index is 0.00946. The van der Waals surface area contributed by atoms with Gasteiger partial charge in [0.25, 0.3) is 0 Å². The van der Waals surface area contributed by atoms with Crippen LogP contribution in [-0.2, 0) is 0 Å². The van der Waals surface area contributed by atoms with Crippen molar-refractivity contribution in [2.45, 2.75) is 117 Å². The zero-order chi connectivity index (χ0) is 35.1. The van der Waals surface area contributed by atoms with Gasteiger partial charge in [-0.2, -0.15) is 0 Å². The van der Waals surface area contributed by atoms with Crippen LogP contribution >= 0.6 is 0 Å². The lowest BCUT2D eigenvalue weighted by molar-refractivity contribution is 0.0670. The summed E-state index contributed by atoms with van der Waals surface area (Å²) in [7, 11) is 0. The zero-order valence-electron chi connectivity index (χ0n) is 29.4. The molecule has 0 heterocycles. The highest BCUT2D eigenvalue weighted by atomic mass is 16.5. The van der Waals surface area contributed by atoms with Crippen molar-refractivity contribution >= 4 is 17.9 Å². The topological polar surface area (TPSA) is 108 Å². The number of rotatable bonds is 25. The van der Waals surface area contributed by atoms with Gasteiger partial charge in [0.05, 0.1) is 24.3 Å². The van der Waals surface area contributed by atoms with E-state index in [-0.39, 0.29) is 28.2 Å². The van der Waals surface area contributed by atoms with Crippen molar-refractivity contribution in [1.29, 1.82) is 0 Å². The molecular formula is C41H54O8. The fraction of sp³-hybridized carbons (Fsp3) is 0.488. The fourth-order valence-electron chi connectivity index (χ4n) is 5.38. The highest BCUT2D eigenvalue weighted by molar-refractivity contribution is 5.96. The number of ether oxygens (including phenoxy) is 4. The third kappa shape index (κ3) is 15.2. The molecule has 0 aliphatic carbocycles. The zero-order valence-corrected chi connectivity index (χ0v) is 29.4. The maximum atomic E-state index is 12.8. The van der Waals surface area contributed by atoms with Crippen molar-refractivity contribution in [2.75, 3.05) is 13.2 Å². The van der Waals surface area contributed by atoms with Crippen molar-refractivity contribution < 1.29 is 38.4 Å². The molecule has 0 unspecified atom stereocenters. The highest BCUT2D eigenvalue weighted by Crippen LogP contribution is 2.27. The number of carbonyl (C=O) groups is 3. The summed E-state index contributed by atoms with van der Waals surface area (Å²) in [6.45, 7) is 5.67. The van der Waals surface area contributed by atoms with E-state index in [0.29, 0.717) is 24.7 Å². The molecule has 0 aliphatic heterocycles. The number of carboxylic acids is 1. The molecule has 0 spiro atoms. The lowest BCUT2D eigenvalue weighted by atomic mass is 10.1. The van der Waals surface area contributed by atoms with E-state index in [2.05, 4.69) is 13.8 Å². The van der Waals surface area contributed by atoms with Gasteiger partial charge in [0, 0.05) is 0 Å². The first-order valence-corrected chi connectivity index (χ1v) is 18.2. The number of carbonyl (C=O) groups excluding carboxylic acids is 2. The van der Waals surface area contributed by atoms with Crippen LogP contribution in [0.15, 0.2) is 66.7 Å². The number of unbranched alkanes of at least 4 members (excludes halogenated alkanes) is 14. The number of benzene rings is 3. The summed E-state index contributed by atoms with van der Waals surface area (Å²) in [5.41, 5.74) is 0.224. The second-order valence-electron chi connectivity index (χ2n) is 12.4. The quantitative estimate of drug-likeness (QED) is 0.0537. The SMILES string of the molecule is CCCCCCCCCCOc1ccc(C(=O)Oc2ccc(OC(=O)c3ccc(OCCCCCCCCCC)cc3)c(C(=O)O)c2)cc1. The molecule has 49 heavy (non-hydrogen) atoms. The molecule has 0 amide bonds. The third-order valence-electron chi connectivity index (χ3n) is 8.31. The van der Waals surface area contributed by atoms with Gasteiger partial charge < -0.3 is 24.1 Å². The van der Waals surface area contributed by atoms with Crippen molar-refractivity contribution in [3.05, 3.63) is 83.4 Å². The fourth-order valence-corrected chi connectivity index (χ4v) is 5.38. The van der Waals surface area contributed by atoms with E-state index >= 15 is 0 Å². The molecule has 0 aromatic heterocycles. The second-order valence-corrected chi connectivity index (χ2v) is 12.4. The van der Waals surface area contributed by atoms with Crippen LogP contribution < -0.4 is 18.9 Å². The highest BCUT2D eigenvalue weighted by Gasteiger charge is 2.19. The Morgan fingerprint density at radius 3 is 1.31 bits per heavy atom. The van der Waals surface area contributed by atoms with E-state index in [1.807, 2.05) is 0 Å². The Kier molecular flexibility index (Phi) is 18.4. The Balaban J connectivity index is 1.43. The van der Waals surface area contributed by atoms with Gasteiger partial charge in [-0.25, -0.2) is 14.4 Å². The van der Waals surface area contributed by atoms with Gasteiger partial charge in [-0.15, -0.1) is 0 Å². The first-order chi connectivity index (χ1) is 23.9. The van der Waals surface area contributed by atoms with E-state index in [1.165, 1.54) is 89.2 Å². The molecule has 0 atom stereocenters. The molecule has 266 valence electrons. The van der Waals surface area contributed by atoms with Crippen LogP contribution in [0.4, 0.5) is 0 Å². The van der Waals surface area contributed by atoms with E-state index in [1.54, 1.807) is 48.5 Å². The summed E-state index contributed by atoms with van der Waals surface area (Å²) in [5, 5.41) is 9.78. The summed E-state index contributed by atoms with van der Waals surface area (Å²) in [6, 6.07) is 17.0. The smallest absolute Gasteiger partial charge is 0.343 e. The Morgan fingerprint density at radius 2 is 0.878 bits per heavy atom. The summed E-state index contributed by atoms with van der Waals surface area (Å²) >= 11 is 0. The molecule has 0 bridgehead atoms. The summed E-state index contributed by atoms with van der Waals surface area (Å²) in [5.74, 6) is -1.53. The molecule has 3 aromatic carbocycles. The molecule has 0 aliphatic rings. The van der Waals surface area contributed by atoms with Gasteiger partial charge in [-0.3, -0.25) is 0 Å². The number of esters is 2. The largest absolute Gasteiger partial charge is 0.494 e. The van der Waals surface area contributed by atoms with Crippen LogP contribution in [0.1, 0.15) is 148 Å². The molecule has 0 fully saturated rings. The van der Waals surface area contributed by atoms with E-state index < -0.39 is 17.9 Å². The number of hydrogen-bond donors (Lipinski definition) is 1. The van der Waals surface area contributed by atoms with Crippen molar-refractivity contribution in [3.8, 4) is 23.0 Å². The van der Waals surface area contributed by atoms with Gasteiger partial charge >= 0.3 is 17.9 Å². The third-order valence-corrected chi connectivity index (χ3v) is 8.31. The van der Waals surface area contributed by atoms with Gasteiger partial charge in [0.1, 0.15) is 28.6 Å². The van der Waals surface area contributed by atoms with Crippen molar-refractivity contribution in [2.24, 2.45) is 0 Å². The molecular weight excluding hydrogens is 620 g/mol. The number of hydrogen-bond acceptors (Lipinski definition) is 7. The lowest BCUT2D eigenvalue weighted by Crippen LogP contribution is -2.13. The van der Waals surface area contributed by atoms with Crippen LogP contribution in [-0.4, -0.2) is 36.2 Å². The van der Waals surface area contributed by atoms with E-state index in [0.717, 1.165) is 31.7 Å². The van der Waals surface area contributed by atoms with Gasteiger partial charge in [0.2, 0.25) is 0 Å². The summed E-state index contributed by atoms with van der Waals surface area (Å²) in [6.07, 6.45) is 19.5. The van der Waals surface area contributed by atoms with Gasteiger partial charge in [-0.1, -0.05) is 104 Å². The number of carboxylic acid groups (broad SMARTS) is 1. The predicted molar refractivity (Wildman–Crippen MR) is 192 cm³/mol. The predicted octanol–water partition coefficient (Wildman–Crippen LogP) is 10.9. The Labute approximate surface area is 292 Å². The van der Waals surface area contributed by atoms with E-state index in [4.69, 9.17) is 18.9 Å². The van der Waals surface area contributed by atoms with Crippen LogP contribution in [0.5, 0.6) is 23.0 Å². The van der Waals surface area contributed by atoms with Gasteiger partial charge in [0.15, 0.2) is 0 Å². The average Bonchev–Trinajstić information content (AvgIpc) is 3.11. The molecule has 1 N–H and O–H groups in total. The molecule has 8 nitrogen and oxygen atoms in total. The minimum Gasteiger partial charge on any atom is -0.494 e. The first kappa shape index (κ1) is 39.1. The summed E-state index contributed by atoms with van der Waals surface area (Å²) in [4.78, 5) is 37.6. The maximum absolute atomic E-state index is 12.8. The molecule has 0 radical (unpaired) electrons. The molecule has 3 aromatic rings. The minimum atomic E-state index is -1.33. The number of aromatic carboxylic acids is 1. The first-order valence-electron chi connectivity index (χ1n) is 18.2. The Bertz CT molecular complexity index is 1400. The average molecular weight is 675 g/mol. The molecule has 8 heteroatoms. The van der Waals surface area contributed by atoms with Crippen LogP contribution in [0.25, 0.3) is 0 Å². The lowest BCUT2D eigenvalue weighted by Gasteiger charge is -2.11. The Hall–Kier alpha value is -4.33.